The first-order chi connectivity index (χ1) is 9.80. The largest absolute Gasteiger partial charge is 0.308 e. The van der Waals surface area contributed by atoms with Crippen LogP contribution in [-0.4, -0.2) is 29.1 Å². The maximum Gasteiger partial charge on any atom is 0.142 e. The van der Waals surface area contributed by atoms with Gasteiger partial charge in [-0.05, 0) is 57.2 Å². The maximum atomic E-state index is 13.7. The van der Waals surface area contributed by atoms with E-state index in [2.05, 4.69) is 31.0 Å². The molecule has 1 aromatic carbocycles. The van der Waals surface area contributed by atoms with Crippen molar-refractivity contribution >= 4 is 11.6 Å². The monoisotopic (exact) mass is 310 g/mol. The minimum Gasteiger partial charge on any atom is -0.308 e. The highest BCUT2D eigenvalue weighted by Crippen LogP contribution is 2.42. The van der Waals surface area contributed by atoms with Crippen LogP contribution in [0.4, 0.5) is 4.39 Å². The number of benzene rings is 1. The molecule has 0 spiro atoms. The molecule has 1 saturated heterocycles. The predicted octanol–water partition coefficient (Wildman–Crippen LogP) is 3.83. The van der Waals surface area contributed by atoms with E-state index in [1.165, 1.54) is 12.8 Å². The smallest absolute Gasteiger partial charge is 0.142 e. The summed E-state index contributed by atoms with van der Waals surface area (Å²) in [5.41, 5.74) is 1.26. The van der Waals surface area contributed by atoms with Crippen LogP contribution in [0.2, 0.25) is 5.02 Å². The lowest BCUT2D eigenvalue weighted by Gasteiger charge is -2.51. The van der Waals surface area contributed by atoms with Crippen molar-refractivity contribution in [1.82, 2.24) is 10.2 Å². The molecule has 1 aliphatic heterocycles. The van der Waals surface area contributed by atoms with Crippen LogP contribution in [0.15, 0.2) is 18.2 Å². The lowest BCUT2D eigenvalue weighted by molar-refractivity contribution is 0.0178. The molecule has 116 valence electrons. The molecule has 1 atom stereocenters. The van der Waals surface area contributed by atoms with E-state index < -0.39 is 0 Å². The van der Waals surface area contributed by atoms with Gasteiger partial charge in [0.05, 0.1) is 5.02 Å². The number of nitrogens with one attached hydrogen (secondary N) is 1. The highest BCUT2D eigenvalue weighted by Gasteiger charge is 2.47. The Morgan fingerprint density at radius 3 is 2.67 bits per heavy atom. The van der Waals surface area contributed by atoms with Crippen LogP contribution in [-0.2, 0) is 6.54 Å². The summed E-state index contributed by atoms with van der Waals surface area (Å²) in [5.74, 6) is 0.463. The summed E-state index contributed by atoms with van der Waals surface area (Å²) in [4.78, 5) is 2.48. The molecule has 3 rings (SSSR count). The van der Waals surface area contributed by atoms with E-state index in [0.29, 0.717) is 0 Å². The van der Waals surface area contributed by atoms with E-state index in [9.17, 15) is 4.39 Å². The van der Waals surface area contributed by atoms with Crippen molar-refractivity contribution in [3.05, 3.63) is 34.6 Å². The molecule has 1 N–H and O–H groups in total. The molecule has 1 unspecified atom stereocenters. The number of hydrogen-bond donors (Lipinski definition) is 1. The molecular weight excluding hydrogens is 287 g/mol. The fourth-order valence-electron chi connectivity index (χ4n) is 3.32. The SMILES string of the molecule is CC1(C2CC2)CN(Cc2ccc(Cl)c(F)c2)C(C)(C)CN1. The van der Waals surface area contributed by atoms with Gasteiger partial charge in [-0.25, -0.2) is 4.39 Å². The van der Waals surface area contributed by atoms with E-state index in [1.54, 1.807) is 12.1 Å². The normalized spacial score (nSPS) is 29.6. The van der Waals surface area contributed by atoms with Crippen LogP contribution in [0.5, 0.6) is 0 Å². The molecule has 1 saturated carbocycles. The summed E-state index contributed by atoms with van der Waals surface area (Å²) in [5, 5.41) is 3.94. The zero-order valence-corrected chi connectivity index (χ0v) is 13.8. The molecule has 0 amide bonds. The molecule has 2 fully saturated rings. The lowest BCUT2D eigenvalue weighted by Crippen LogP contribution is -2.67. The van der Waals surface area contributed by atoms with Crippen molar-refractivity contribution in [2.24, 2.45) is 5.92 Å². The van der Waals surface area contributed by atoms with Crippen molar-refractivity contribution in [3.8, 4) is 0 Å². The highest BCUT2D eigenvalue weighted by molar-refractivity contribution is 6.30. The maximum absolute atomic E-state index is 13.7. The first kappa shape index (κ1) is 15.3. The third-order valence-electron chi connectivity index (χ3n) is 5.14. The summed E-state index contributed by atoms with van der Waals surface area (Å²) in [7, 11) is 0. The van der Waals surface area contributed by atoms with Crippen molar-refractivity contribution < 1.29 is 4.39 Å². The van der Waals surface area contributed by atoms with Gasteiger partial charge in [-0.2, -0.15) is 0 Å². The lowest BCUT2D eigenvalue weighted by atomic mass is 9.86. The minimum atomic E-state index is -0.327. The van der Waals surface area contributed by atoms with Crippen LogP contribution >= 0.6 is 11.6 Å². The van der Waals surface area contributed by atoms with Crippen LogP contribution < -0.4 is 5.32 Å². The average Bonchev–Trinajstić information content (AvgIpc) is 3.24. The number of piperazine rings is 1. The summed E-state index contributed by atoms with van der Waals surface area (Å²) in [6.07, 6.45) is 2.65. The third-order valence-corrected chi connectivity index (χ3v) is 5.44. The van der Waals surface area contributed by atoms with Gasteiger partial charge in [-0.15, -0.1) is 0 Å². The highest BCUT2D eigenvalue weighted by atomic mass is 35.5. The molecule has 0 bridgehead atoms. The Morgan fingerprint density at radius 1 is 1.33 bits per heavy atom. The fourth-order valence-corrected chi connectivity index (χ4v) is 3.44. The molecular formula is C17H24ClFN2. The second-order valence-corrected chi connectivity index (χ2v) is 7.87. The Balaban J connectivity index is 1.78. The van der Waals surface area contributed by atoms with Crippen LogP contribution in [0.1, 0.15) is 39.2 Å². The molecule has 1 heterocycles. The van der Waals surface area contributed by atoms with Gasteiger partial charge in [-0.1, -0.05) is 17.7 Å². The summed E-state index contributed by atoms with van der Waals surface area (Å²) in [6.45, 7) is 9.57. The summed E-state index contributed by atoms with van der Waals surface area (Å²) in [6, 6.07) is 5.15. The van der Waals surface area contributed by atoms with Gasteiger partial charge < -0.3 is 5.32 Å². The molecule has 1 aromatic rings. The van der Waals surface area contributed by atoms with Crippen molar-refractivity contribution in [1.29, 1.82) is 0 Å². The molecule has 0 radical (unpaired) electrons. The minimum absolute atomic E-state index is 0.0739. The van der Waals surface area contributed by atoms with Crippen molar-refractivity contribution in [2.75, 3.05) is 13.1 Å². The average molecular weight is 311 g/mol. The Bertz CT molecular complexity index is 542. The van der Waals surface area contributed by atoms with E-state index in [4.69, 9.17) is 11.6 Å². The van der Waals surface area contributed by atoms with Gasteiger partial charge in [-0.3, -0.25) is 4.90 Å². The number of hydrogen-bond acceptors (Lipinski definition) is 2. The van der Waals surface area contributed by atoms with Crippen molar-refractivity contribution in [2.45, 2.75) is 51.2 Å². The van der Waals surface area contributed by atoms with E-state index in [1.807, 2.05) is 6.07 Å². The van der Waals surface area contributed by atoms with Crippen molar-refractivity contribution in [3.63, 3.8) is 0 Å². The van der Waals surface area contributed by atoms with Gasteiger partial charge in [0.2, 0.25) is 0 Å². The van der Waals surface area contributed by atoms with E-state index in [-0.39, 0.29) is 21.9 Å². The molecule has 0 aromatic heterocycles. The van der Waals surface area contributed by atoms with Crippen LogP contribution in [0, 0.1) is 11.7 Å². The molecule has 21 heavy (non-hydrogen) atoms. The second-order valence-electron chi connectivity index (χ2n) is 7.46. The van der Waals surface area contributed by atoms with Gasteiger partial charge in [0.15, 0.2) is 0 Å². The third kappa shape index (κ3) is 3.10. The number of rotatable bonds is 3. The molecule has 2 nitrogen and oxygen atoms in total. The van der Waals surface area contributed by atoms with E-state index in [0.717, 1.165) is 31.1 Å². The fraction of sp³-hybridized carbons (Fsp3) is 0.647. The van der Waals surface area contributed by atoms with Crippen LogP contribution in [0.3, 0.4) is 0 Å². The zero-order chi connectivity index (χ0) is 15.3. The Labute approximate surface area is 131 Å². The zero-order valence-electron chi connectivity index (χ0n) is 13.0. The Hall–Kier alpha value is -0.640. The first-order valence-electron chi connectivity index (χ1n) is 7.74. The summed E-state index contributed by atoms with van der Waals surface area (Å²) >= 11 is 5.78. The second kappa shape index (κ2) is 5.22. The number of halogens is 2. The Kier molecular flexibility index (Phi) is 3.79. The first-order valence-corrected chi connectivity index (χ1v) is 8.12. The Morgan fingerprint density at radius 2 is 2.05 bits per heavy atom. The van der Waals surface area contributed by atoms with Gasteiger partial charge in [0.1, 0.15) is 5.82 Å². The van der Waals surface area contributed by atoms with Crippen LogP contribution in [0.25, 0.3) is 0 Å². The van der Waals surface area contributed by atoms with Gasteiger partial charge in [0.25, 0.3) is 0 Å². The predicted molar refractivity (Wildman–Crippen MR) is 85.0 cm³/mol. The molecule has 2 aliphatic rings. The number of nitrogens with zero attached hydrogens (tertiary/aromatic N) is 1. The topological polar surface area (TPSA) is 15.3 Å². The summed E-state index contributed by atoms with van der Waals surface area (Å²) < 4.78 is 13.7. The quantitative estimate of drug-likeness (QED) is 0.912. The van der Waals surface area contributed by atoms with Gasteiger partial charge >= 0.3 is 0 Å². The van der Waals surface area contributed by atoms with E-state index >= 15 is 0 Å². The standard InChI is InChI=1S/C17H24ClFN2/c1-16(2)10-20-17(3,13-5-6-13)11-21(16)9-12-4-7-14(18)15(19)8-12/h4,7-8,13,20H,5-6,9-11H2,1-3H3. The van der Waals surface area contributed by atoms with Gasteiger partial charge in [0, 0.05) is 30.7 Å². The molecule has 4 heteroatoms. The molecule has 1 aliphatic carbocycles.